The molecule has 0 aliphatic rings. The zero-order valence-corrected chi connectivity index (χ0v) is 13.6. The van der Waals surface area contributed by atoms with Gasteiger partial charge in [-0.3, -0.25) is 0 Å². The monoisotopic (exact) mass is 298 g/mol. The highest BCUT2D eigenvalue weighted by atomic mass is 32.2. The molecule has 4 nitrogen and oxygen atoms in total. The van der Waals surface area contributed by atoms with E-state index in [1.54, 1.807) is 12.1 Å². The molecule has 0 saturated heterocycles. The number of nitrogens with one attached hydrogen (secondary N) is 1. The van der Waals surface area contributed by atoms with E-state index >= 15 is 0 Å². The fourth-order valence-electron chi connectivity index (χ4n) is 2.23. The molecule has 1 aromatic rings. The molecule has 0 bridgehead atoms. The molecule has 1 rings (SSSR count). The molecule has 0 fully saturated rings. The maximum Gasteiger partial charge on any atom is 0.240 e. The Kier molecular flexibility index (Phi) is 6.17. The zero-order valence-electron chi connectivity index (χ0n) is 12.8. The molecule has 0 aliphatic heterocycles. The van der Waals surface area contributed by atoms with Crippen LogP contribution in [0.4, 0.5) is 0 Å². The zero-order chi connectivity index (χ0) is 15.3. The topological polar surface area (TPSA) is 72.2 Å². The Balaban J connectivity index is 2.77. The minimum absolute atomic E-state index is 0.147. The van der Waals surface area contributed by atoms with Crippen molar-refractivity contribution in [2.75, 3.05) is 6.54 Å². The van der Waals surface area contributed by atoms with E-state index in [1.807, 2.05) is 19.9 Å². The molecular formula is C15H26N2O2S. The summed E-state index contributed by atoms with van der Waals surface area (Å²) in [7, 11) is -3.47. The molecule has 0 aliphatic carbocycles. The lowest BCUT2D eigenvalue weighted by molar-refractivity contribution is 0.392. The van der Waals surface area contributed by atoms with Crippen molar-refractivity contribution in [3.63, 3.8) is 0 Å². The van der Waals surface area contributed by atoms with Crippen molar-refractivity contribution < 1.29 is 8.42 Å². The summed E-state index contributed by atoms with van der Waals surface area (Å²) in [6.45, 7) is 8.30. The van der Waals surface area contributed by atoms with Gasteiger partial charge >= 0.3 is 0 Å². The van der Waals surface area contributed by atoms with Gasteiger partial charge in [-0.2, -0.15) is 0 Å². The van der Waals surface area contributed by atoms with E-state index in [2.05, 4.69) is 18.6 Å². The Labute approximate surface area is 122 Å². The molecule has 0 radical (unpaired) electrons. The van der Waals surface area contributed by atoms with Crippen LogP contribution >= 0.6 is 0 Å². The molecular weight excluding hydrogens is 272 g/mol. The first-order valence-electron chi connectivity index (χ1n) is 7.14. The van der Waals surface area contributed by atoms with Gasteiger partial charge in [0, 0.05) is 12.6 Å². The summed E-state index contributed by atoms with van der Waals surface area (Å²) in [5, 5.41) is 0. The van der Waals surface area contributed by atoms with Crippen LogP contribution in [-0.2, 0) is 10.0 Å². The Morgan fingerprint density at radius 1 is 1.15 bits per heavy atom. The largest absolute Gasteiger partial charge is 0.326 e. The predicted molar refractivity (Wildman–Crippen MR) is 83.2 cm³/mol. The van der Waals surface area contributed by atoms with Crippen molar-refractivity contribution in [2.24, 2.45) is 11.7 Å². The lowest BCUT2D eigenvalue weighted by atomic mass is 9.95. The Bertz CT molecular complexity index is 537. The van der Waals surface area contributed by atoms with Gasteiger partial charge in [-0.1, -0.05) is 32.8 Å². The molecule has 3 N–H and O–H groups in total. The van der Waals surface area contributed by atoms with Gasteiger partial charge in [0.05, 0.1) is 4.90 Å². The van der Waals surface area contributed by atoms with Gasteiger partial charge in [-0.15, -0.1) is 0 Å². The summed E-state index contributed by atoms with van der Waals surface area (Å²) in [5.74, 6) is 0.345. The number of aryl methyl sites for hydroxylation is 2. The molecule has 0 amide bonds. The van der Waals surface area contributed by atoms with Gasteiger partial charge < -0.3 is 5.73 Å². The maximum atomic E-state index is 12.2. The van der Waals surface area contributed by atoms with Crippen molar-refractivity contribution in [3.8, 4) is 0 Å². The van der Waals surface area contributed by atoms with Crippen LogP contribution in [0.2, 0.25) is 0 Å². The average molecular weight is 298 g/mol. The first-order chi connectivity index (χ1) is 9.31. The summed E-state index contributed by atoms with van der Waals surface area (Å²) >= 11 is 0. The van der Waals surface area contributed by atoms with E-state index in [0.29, 0.717) is 10.8 Å². The van der Waals surface area contributed by atoms with Gasteiger partial charge in [0.15, 0.2) is 0 Å². The van der Waals surface area contributed by atoms with Crippen molar-refractivity contribution >= 4 is 10.0 Å². The maximum absolute atomic E-state index is 12.2. The van der Waals surface area contributed by atoms with Crippen LogP contribution in [0.3, 0.4) is 0 Å². The van der Waals surface area contributed by atoms with Crippen LogP contribution < -0.4 is 10.5 Å². The number of nitrogens with two attached hydrogens (primary N) is 1. The van der Waals surface area contributed by atoms with Crippen molar-refractivity contribution in [1.29, 1.82) is 0 Å². The van der Waals surface area contributed by atoms with Crippen LogP contribution in [-0.4, -0.2) is 21.0 Å². The fourth-order valence-corrected chi connectivity index (χ4v) is 3.39. The third-order valence-corrected chi connectivity index (χ3v) is 5.37. The normalized spacial score (nSPS) is 13.7. The number of rotatable bonds is 7. The van der Waals surface area contributed by atoms with Gasteiger partial charge in [-0.05, 0) is 43.0 Å². The molecule has 1 aromatic carbocycles. The Morgan fingerprint density at radius 3 is 2.25 bits per heavy atom. The molecule has 0 spiro atoms. The minimum atomic E-state index is -3.47. The van der Waals surface area contributed by atoms with E-state index < -0.39 is 10.0 Å². The molecule has 114 valence electrons. The predicted octanol–water partition coefficient (Wildman–Crippen LogP) is 2.35. The van der Waals surface area contributed by atoms with E-state index in [1.165, 1.54) is 0 Å². The third-order valence-electron chi connectivity index (χ3n) is 3.95. The van der Waals surface area contributed by atoms with Crippen molar-refractivity contribution in [1.82, 2.24) is 4.72 Å². The van der Waals surface area contributed by atoms with Gasteiger partial charge in [0.25, 0.3) is 0 Å². The van der Waals surface area contributed by atoms with E-state index in [4.69, 9.17) is 5.73 Å². The minimum Gasteiger partial charge on any atom is -0.326 e. The van der Waals surface area contributed by atoms with Gasteiger partial charge in [0.1, 0.15) is 0 Å². The van der Waals surface area contributed by atoms with Gasteiger partial charge in [0.2, 0.25) is 10.0 Å². The first-order valence-corrected chi connectivity index (χ1v) is 8.62. The summed E-state index contributed by atoms with van der Waals surface area (Å²) in [6.07, 6.45) is 1.92. The van der Waals surface area contributed by atoms with Gasteiger partial charge in [-0.25, -0.2) is 13.1 Å². The summed E-state index contributed by atoms with van der Waals surface area (Å²) < 4.78 is 27.1. The number of benzene rings is 1. The Hall–Kier alpha value is -0.910. The van der Waals surface area contributed by atoms with Crippen LogP contribution in [0.15, 0.2) is 23.1 Å². The molecule has 0 saturated carbocycles. The molecule has 20 heavy (non-hydrogen) atoms. The fraction of sp³-hybridized carbons (Fsp3) is 0.600. The lowest BCUT2D eigenvalue weighted by Gasteiger charge is -2.21. The first kappa shape index (κ1) is 17.1. The smallest absolute Gasteiger partial charge is 0.240 e. The molecule has 0 aromatic heterocycles. The van der Waals surface area contributed by atoms with E-state index in [0.717, 1.165) is 24.0 Å². The SMILES string of the molecule is CCC(CC)C(N)CNS(=O)(=O)c1ccc(C)c(C)c1. The van der Waals surface area contributed by atoms with Crippen LogP contribution in [0.5, 0.6) is 0 Å². The van der Waals surface area contributed by atoms with Crippen molar-refractivity contribution in [2.45, 2.75) is 51.5 Å². The lowest BCUT2D eigenvalue weighted by Crippen LogP contribution is -2.41. The second kappa shape index (κ2) is 7.20. The summed E-state index contributed by atoms with van der Waals surface area (Å²) in [4.78, 5) is 0.303. The van der Waals surface area contributed by atoms with E-state index in [-0.39, 0.29) is 12.6 Å². The van der Waals surface area contributed by atoms with Crippen LogP contribution in [0.25, 0.3) is 0 Å². The number of hydrogen-bond acceptors (Lipinski definition) is 3. The van der Waals surface area contributed by atoms with E-state index in [9.17, 15) is 8.42 Å². The average Bonchev–Trinajstić information content (AvgIpc) is 2.41. The highest BCUT2D eigenvalue weighted by Gasteiger charge is 2.19. The summed E-state index contributed by atoms with van der Waals surface area (Å²) in [5.41, 5.74) is 8.10. The third kappa shape index (κ3) is 4.30. The Morgan fingerprint density at radius 2 is 1.75 bits per heavy atom. The second-order valence-electron chi connectivity index (χ2n) is 5.34. The summed E-state index contributed by atoms with van der Waals surface area (Å²) in [6, 6.07) is 5.00. The van der Waals surface area contributed by atoms with Crippen molar-refractivity contribution in [3.05, 3.63) is 29.3 Å². The molecule has 0 heterocycles. The second-order valence-corrected chi connectivity index (χ2v) is 7.11. The van der Waals surface area contributed by atoms with Crippen LogP contribution in [0.1, 0.15) is 37.8 Å². The number of hydrogen-bond donors (Lipinski definition) is 2. The molecule has 1 atom stereocenters. The highest BCUT2D eigenvalue weighted by molar-refractivity contribution is 7.89. The van der Waals surface area contributed by atoms with Crippen LogP contribution in [0, 0.1) is 19.8 Å². The molecule has 5 heteroatoms. The number of sulfonamides is 1. The quantitative estimate of drug-likeness (QED) is 0.811. The molecule has 1 unspecified atom stereocenters. The highest BCUT2D eigenvalue weighted by Crippen LogP contribution is 2.15. The standard InChI is InChI=1S/C15H26N2O2S/c1-5-13(6-2)15(16)10-17-20(18,19)14-8-7-11(3)12(4)9-14/h7-9,13,15,17H,5-6,10,16H2,1-4H3.